The highest BCUT2D eigenvalue weighted by molar-refractivity contribution is 5.30. The Balaban J connectivity index is 2.10. The first-order valence-corrected chi connectivity index (χ1v) is 7.33. The lowest BCUT2D eigenvalue weighted by Gasteiger charge is -2.19. The number of rotatable bonds is 4. The van der Waals surface area contributed by atoms with Crippen molar-refractivity contribution in [2.75, 3.05) is 0 Å². The van der Waals surface area contributed by atoms with Crippen molar-refractivity contribution in [3.8, 4) is 0 Å². The monoisotopic (exact) mass is 271 g/mol. The zero-order valence-electron chi connectivity index (χ0n) is 12.9. The van der Waals surface area contributed by atoms with E-state index in [1.165, 1.54) is 11.1 Å². The molecule has 1 heterocycles. The Hall–Kier alpha value is -1.54. The van der Waals surface area contributed by atoms with E-state index in [0.29, 0.717) is 0 Å². The minimum Gasteiger partial charge on any atom is -0.469 e. The van der Waals surface area contributed by atoms with E-state index in [1.54, 1.807) is 6.26 Å². The van der Waals surface area contributed by atoms with Gasteiger partial charge in [0.25, 0.3) is 0 Å². The Kier molecular flexibility index (Phi) is 4.34. The highest BCUT2D eigenvalue weighted by Crippen LogP contribution is 2.25. The van der Waals surface area contributed by atoms with Crippen LogP contribution < -0.4 is 5.73 Å². The summed E-state index contributed by atoms with van der Waals surface area (Å²) in [6.07, 6.45) is 3.46. The van der Waals surface area contributed by atoms with E-state index in [4.69, 9.17) is 10.2 Å². The fraction of sp³-hybridized carbons (Fsp3) is 0.444. The lowest BCUT2D eigenvalue weighted by atomic mass is 9.86. The molecule has 0 saturated carbocycles. The van der Waals surface area contributed by atoms with E-state index >= 15 is 0 Å². The molecule has 2 aromatic rings. The van der Waals surface area contributed by atoms with E-state index in [0.717, 1.165) is 24.2 Å². The SMILES string of the molecule is CCc1occc1C(N)Cc1ccc(C(C)(C)C)cc1. The van der Waals surface area contributed by atoms with Gasteiger partial charge < -0.3 is 10.2 Å². The van der Waals surface area contributed by atoms with Crippen LogP contribution in [0.4, 0.5) is 0 Å². The summed E-state index contributed by atoms with van der Waals surface area (Å²) in [6, 6.07) is 10.8. The first kappa shape index (κ1) is 14.9. The van der Waals surface area contributed by atoms with Gasteiger partial charge in [0, 0.05) is 18.0 Å². The molecule has 0 saturated heterocycles. The standard InChI is InChI=1S/C18H25NO/c1-5-17-15(10-11-20-17)16(19)12-13-6-8-14(9-7-13)18(2,3)4/h6-11,16H,5,12,19H2,1-4H3. The van der Waals surface area contributed by atoms with Crippen LogP contribution in [-0.2, 0) is 18.3 Å². The summed E-state index contributed by atoms with van der Waals surface area (Å²) in [5.41, 5.74) is 10.3. The number of furan rings is 1. The van der Waals surface area contributed by atoms with Crippen LogP contribution in [0.1, 0.15) is 56.2 Å². The van der Waals surface area contributed by atoms with Crippen LogP contribution in [0.3, 0.4) is 0 Å². The van der Waals surface area contributed by atoms with Gasteiger partial charge in [-0.3, -0.25) is 0 Å². The van der Waals surface area contributed by atoms with Crippen LogP contribution >= 0.6 is 0 Å². The maximum Gasteiger partial charge on any atom is 0.108 e. The lowest BCUT2D eigenvalue weighted by molar-refractivity contribution is 0.505. The maximum atomic E-state index is 6.31. The molecule has 1 unspecified atom stereocenters. The summed E-state index contributed by atoms with van der Waals surface area (Å²) in [5.74, 6) is 1.00. The summed E-state index contributed by atoms with van der Waals surface area (Å²) in [7, 11) is 0. The maximum absolute atomic E-state index is 6.31. The predicted octanol–water partition coefficient (Wildman–Crippen LogP) is 4.38. The Morgan fingerprint density at radius 3 is 2.30 bits per heavy atom. The number of nitrogens with two attached hydrogens (primary N) is 1. The summed E-state index contributed by atoms with van der Waals surface area (Å²) in [4.78, 5) is 0. The smallest absolute Gasteiger partial charge is 0.108 e. The average molecular weight is 271 g/mol. The number of hydrogen-bond donors (Lipinski definition) is 1. The molecule has 0 fully saturated rings. The van der Waals surface area contributed by atoms with Crippen molar-refractivity contribution in [1.82, 2.24) is 0 Å². The summed E-state index contributed by atoms with van der Waals surface area (Å²) in [6.45, 7) is 8.78. The molecule has 1 atom stereocenters. The van der Waals surface area contributed by atoms with E-state index < -0.39 is 0 Å². The van der Waals surface area contributed by atoms with Crippen LogP contribution in [0.2, 0.25) is 0 Å². The van der Waals surface area contributed by atoms with Crippen molar-refractivity contribution in [2.45, 2.75) is 52.0 Å². The van der Waals surface area contributed by atoms with Gasteiger partial charge in [0.1, 0.15) is 5.76 Å². The summed E-state index contributed by atoms with van der Waals surface area (Å²) in [5, 5.41) is 0. The highest BCUT2D eigenvalue weighted by Gasteiger charge is 2.15. The molecule has 1 aromatic carbocycles. The molecular formula is C18H25NO. The highest BCUT2D eigenvalue weighted by atomic mass is 16.3. The van der Waals surface area contributed by atoms with Gasteiger partial charge >= 0.3 is 0 Å². The zero-order chi connectivity index (χ0) is 14.8. The molecule has 0 aliphatic heterocycles. The van der Waals surface area contributed by atoms with Gasteiger partial charge in [-0.25, -0.2) is 0 Å². The Morgan fingerprint density at radius 1 is 1.10 bits per heavy atom. The van der Waals surface area contributed by atoms with E-state index in [2.05, 4.69) is 52.0 Å². The van der Waals surface area contributed by atoms with Crippen molar-refractivity contribution in [3.63, 3.8) is 0 Å². The zero-order valence-corrected chi connectivity index (χ0v) is 12.9. The quantitative estimate of drug-likeness (QED) is 0.896. The lowest BCUT2D eigenvalue weighted by Crippen LogP contribution is -2.15. The Labute approximate surface area is 122 Å². The molecule has 2 heteroatoms. The molecular weight excluding hydrogens is 246 g/mol. The van der Waals surface area contributed by atoms with Crippen LogP contribution in [0.15, 0.2) is 41.0 Å². The van der Waals surface area contributed by atoms with Crippen molar-refractivity contribution in [1.29, 1.82) is 0 Å². The van der Waals surface area contributed by atoms with Crippen molar-refractivity contribution < 1.29 is 4.42 Å². The van der Waals surface area contributed by atoms with Gasteiger partial charge in [-0.1, -0.05) is 52.0 Å². The molecule has 2 nitrogen and oxygen atoms in total. The summed E-state index contributed by atoms with van der Waals surface area (Å²) >= 11 is 0. The second kappa shape index (κ2) is 5.84. The largest absolute Gasteiger partial charge is 0.469 e. The average Bonchev–Trinajstić information content (AvgIpc) is 2.86. The van der Waals surface area contributed by atoms with Crippen LogP contribution in [0, 0.1) is 0 Å². The first-order chi connectivity index (χ1) is 9.41. The van der Waals surface area contributed by atoms with E-state index in [9.17, 15) is 0 Å². The molecule has 20 heavy (non-hydrogen) atoms. The minimum absolute atomic E-state index is 0.00388. The molecule has 0 spiro atoms. The molecule has 0 aliphatic carbocycles. The van der Waals surface area contributed by atoms with Crippen LogP contribution in [0.25, 0.3) is 0 Å². The van der Waals surface area contributed by atoms with Gasteiger partial charge in [-0.15, -0.1) is 0 Å². The second-order valence-electron chi connectivity index (χ2n) is 6.41. The number of hydrogen-bond acceptors (Lipinski definition) is 2. The van der Waals surface area contributed by atoms with Crippen molar-refractivity contribution >= 4 is 0 Å². The van der Waals surface area contributed by atoms with Gasteiger partial charge in [-0.2, -0.15) is 0 Å². The third kappa shape index (κ3) is 3.31. The van der Waals surface area contributed by atoms with Crippen LogP contribution in [-0.4, -0.2) is 0 Å². The van der Waals surface area contributed by atoms with Gasteiger partial charge in [0.05, 0.1) is 6.26 Å². The summed E-state index contributed by atoms with van der Waals surface area (Å²) < 4.78 is 5.46. The second-order valence-corrected chi connectivity index (χ2v) is 6.41. The number of aryl methyl sites for hydroxylation is 1. The molecule has 2 rings (SSSR count). The van der Waals surface area contributed by atoms with Gasteiger partial charge in [-0.05, 0) is 29.0 Å². The fourth-order valence-corrected chi connectivity index (χ4v) is 2.47. The first-order valence-electron chi connectivity index (χ1n) is 7.33. The van der Waals surface area contributed by atoms with Crippen molar-refractivity contribution in [2.24, 2.45) is 5.73 Å². The van der Waals surface area contributed by atoms with E-state index in [-0.39, 0.29) is 11.5 Å². The van der Waals surface area contributed by atoms with Crippen molar-refractivity contribution in [3.05, 3.63) is 59.0 Å². The van der Waals surface area contributed by atoms with Crippen LogP contribution in [0.5, 0.6) is 0 Å². The Morgan fingerprint density at radius 2 is 1.75 bits per heavy atom. The molecule has 108 valence electrons. The van der Waals surface area contributed by atoms with Gasteiger partial charge in [0.15, 0.2) is 0 Å². The van der Waals surface area contributed by atoms with Gasteiger partial charge in [0.2, 0.25) is 0 Å². The molecule has 1 aromatic heterocycles. The normalized spacial score (nSPS) is 13.4. The molecule has 0 bridgehead atoms. The molecule has 0 aliphatic rings. The third-order valence-electron chi connectivity index (χ3n) is 3.78. The topological polar surface area (TPSA) is 39.2 Å². The third-order valence-corrected chi connectivity index (χ3v) is 3.78. The molecule has 0 radical (unpaired) electrons. The Bertz CT molecular complexity index is 546. The molecule has 2 N–H and O–H groups in total. The predicted molar refractivity (Wildman–Crippen MR) is 83.9 cm³/mol. The van der Waals surface area contributed by atoms with E-state index in [1.807, 2.05) is 6.07 Å². The number of benzene rings is 1. The molecule has 0 amide bonds. The fourth-order valence-electron chi connectivity index (χ4n) is 2.47. The minimum atomic E-state index is 0.00388.